The number of hydrogen-bond donors (Lipinski definition) is 4. The highest BCUT2D eigenvalue weighted by molar-refractivity contribution is 6.19. The van der Waals surface area contributed by atoms with Crippen LogP contribution in [0.4, 0.5) is 0 Å². The highest BCUT2D eigenvalue weighted by Gasteiger charge is 2.58. The molecule has 2 unspecified atom stereocenters. The van der Waals surface area contributed by atoms with E-state index in [1.165, 1.54) is 47.0 Å². The number of ether oxygens (including phenoxy) is 6. The lowest BCUT2D eigenvalue weighted by Crippen LogP contribution is -2.46. The topological polar surface area (TPSA) is 213 Å². The van der Waals surface area contributed by atoms with Crippen molar-refractivity contribution in [3.63, 3.8) is 0 Å². The van der Waals surface area contributed by atoms with Gasteiger partial charge in [0.2, 0.25) is 5.78 Å². The molecule has 5 aliphatic rings. The van der Waals surface area contributed by atoms with Gasteiger partial charge in [-0.2, -0.15) is 0 Å². The van der Waals surface area contributed by atoms with E-state index in [1.54, 1.807) is 39.8 Å². The first-order valence-electron chi connectivity index (χ1n) is 17.6. The average molecular weight is 754 g/mol. The largest absolute Gasteiger partial charge is 0.507 e. The van der Waals surface area contributed by atoms with Gasteiger partial charge in [-0.1, -0.05) is 45.9 Å². The van der Waals surface area contributed by atoms with E-state index in [9.17, 15) is 39.3 Å². The molecule has 10 atom stereocenters. The van der Waals surface area contributed by atoms with Crippen LogP contribution in [0, 0.1) is 30.6 Å². The molecule has 6 rings (SSSR count). The van der Waals surface area contributed by atoms with E-state index >= 15 is 0 Å². The van der Waals surface area contributed by atoms with Gasteiger partial charge in [0.25, 0.3) is 17.5 Å². The number of methoxy groups -OCH3 is 1. The molecule has 1 aromatic rings. The molecule has 1 aliphatic carbocycles. The van der Waals surface area contributed by atoms with Gasteiger partial charge in [0.15, 0.2) is 0 Å². The van der Waals surface area contributed by atoms with Crippen molar-refractivity contribution in [2.45, 2.75) is 91.4 Å². The van der Waals surface area contributed by atoms with Gasteiger partial charge in [0, 0.05) is 61.8 Å². The number of aliphatic hydroxyl groups is 2. The summed E-state index contributed by atoms with van der Waals surface area (Å²) in [7, 11) is 1.42. The van der Waals surface area contributed by atoms with E-state index in [0.29, 0.717) is 0 Å². The number of phenols is 1. The van der Waals surface area contributed by atoms with Crippen molar-refractivity contribution in [3.05, 3.63) is 70.2 Å². The number of carbonyl (C=O) groups excluding carboxylic acids is 5. The molecule has 0 aromatic heterocycles. The van der Waals surface area contributed by atoms with E-state index < -0.39 is 107 Å². The number of rotatable bonds is 2. The SMILES string of the molecule is COC1/C=C/O[C@@]2(C)Oc3c(C)c(O)c4c(c3C2=O)C2(C=C(NC(=O)/C(C)=C\C=C\[C@H](C)[C@H](O)[C@@H](C)[C@@H](O)[C@@H](C)[C@H](OC(C)=O)[C@@H]1C)C4=O)OCC(=O)O2. The molecule has 15 heteroatoms. The van der Waals surface area contributed by atoms with Crippen molar-refractivity contribution >= 4 is 29.4 Å². The molecule has 54 heavy (non-hydrogen) atoms. The smallest absolute Gasteiger partial charge is 0.335 e. The molecule has 4 N–H and O–H groups in total. The molecule has 1 fully saturated rings. The predicted molar refractivity (Wildman–Crippen MR) is 189 cm³/mol. The number of allylic oxidation sites excluding steroid dienone is 3. The van der Waals surface area contributed by atoms with Crippen LogP contribution in [0.2, 0.25) is 0 Å². The summed E-state index contributed by atoms with van der Waals surface area (Å²) >= 11 is 0. The molecule has 1 saturated heterocycles. The molecule has 5 bridgehead atoms. The van der Waals surface area contributed by atoms with Crippen molar-refractivity contribution in [3.8, 4) is 11.5 Å². The van der Waals surface area contributed by atoms with E-state index in [1.807, 2.05) is 0 Å². The number of fused-ring (bicyclic) bond motifs is 13. The number of amides is 1. The number of benzene rings is 1. The summed E-state index contributed by atoms with van der Waals surface area (Å²) in [5.41, 5.74) is -1.23. The summed E-state index contributed by atoms with van der Waals surface area (Å²) in [4.78, 5) is 66.6. The zero-order valence-electron chi connectivity index (χ0n) is 31.6. The van der Waals surface area contributed by atoms with Crippen molar-refractivity contribution in [2.75, 3.05) is 13.7 Å². The highest BCUT2D eigenvalue weighted by Crippen LogP contribution is 2.53. The molecule has 292 valence electrons. The van der Waals surface area contributed by atoms with Crippen LogP contribution in [0.15, 0.2) is 47.9 Å². The Balaban J connectivity index is 1.66. The molecule has 4 heterocycles. The summed E-state index contributed by atoms with van der Waals surface area (Å²) < 4.78 is 34.8. The normalized spacial score (nSPS) is 36.6. The highest BCUT2D eigenvalue weighted by atomic mass is 16.8. The third kappa shape index (κ3) is 7.08. The van der Waals surface area contributed by atoms with Gasteiger partial charge in [-0.15, -0.1) is 0 Å². The van der Waals surface area contributed by atoms with Gasteiger partial charge in [-0.05, 0) is 19.9 Å². The Morgan fingerprint density at radius 2 is 1.65 bits per heavy atom. The van der Waals surface area contributed by atoms with Crippen molar-refractivity contribution in [1.82, 2.24) is 5.32 Å². The molecule has 1 aromatic carbocycles. The number of Topliss-reactive ketones (excluding diaryl/α,β-unsaturated/α-hetero) is 2. The lowest BCUT2D eigenvalue weighted by atomic mass is 9.78. The van der Waals surface area contributed by atoms with E-state index in [4.69, 9.17) is 28.4 Å². The minimum Gasteiger partial charge on any atom is -0.507 e. The number of carbonyl (C=O) groups is 5. The summed E-state index contributed by atoms with van der Waals surface area (Å²) in [6.07, 6.45) is 4.41. The monoisotopic (exact) mass is 753 g/mol. The fourth-order valence-electron chi connectivity index (χ4n) is 7.37. The van der Waals surface area contributed by atoms with Crippen LogP contribution >= 0.6 is 0 Å². The second-order valence-electron chi connectivity index (χ2n) is 14.4. The number of esters is 2. The number of nitrogens with one attached hydrogen (secondary N) is 1. The Morgan fingerprint density at radius 3 is 2.26 bits per heavy atom. The van der Waals surface area contributed by atoms with Crippen LogP contribution in [0.25, 0.3) is 0 Å². The predicted octanol–water partition coefficient (Wildman–Crippen LogP) is 3.17. The molecule has 4 aliphatic heterocycles. The standard InChI is InChI=1S/C39H47NO14/c1-17-11-10-12-18(2)37(48)40-24-15-39(51-16-26(42)53-39)29-27(33(24)46)32(45)22(6)35-28(29)36(47)38(8,54-35)50-14-13-25(49-9)19(3)34(52-23(7)41)21(5)31(44)20(4)30(17)43/h10-15,17,19-21,25,30-31,34,43-45H,16H2,1-9H3,(H,40,48)/b11-10+,14-13+,18-12-/t17-,19+,20+,21+,25?,30-,31+,34+,38-,39?/m0/s1. The Kier molecular flexibility index (Phi) is 11.3. The van der Waals surface area contributed by atoms with Gasteiger partial charge >= 0.3 is 17.7 Å². The van der Waals surface area contributed by atoms with Crippen LogP contribution < -0.4 is 10.1 Å². The lowest BCUT2D eigenvalue weighted by Gasteiger charge is -2.38. The van der Waals surface area contributed by atoms with Gasteiger partial charge in [0.1, 0.15) is 24.2 Å². The van der Waals surface area contributed by atoms with Gasteiger partial charge < -0.3 is 49.1 Å². The number of aliphatic hydroxyl groups excluding tert-OH is 2. The van der Waals surface area contributed by atoms with Crippen molar-refractivity contribution in [2.24, 2.45) is 23.7 Å². The quantitative estimate of drug-likeness (QED) is 0.320. The third-order valence-corrected chi connectivity index (χ3v) is 10.6. The summed E-state index contributed by atoms with van der Waals surface area (Å²) in [6.45, 7) is 11.7. The third-order valence-electron chi connectivity index (χ3n) is 10.6. The van der Waals surface area contributed by atoms with E-state index in [0.717, 1.165) is 12.3 Å². The molecule has 15 nitrogen and oxygen atoms in total. The van der Waals surface area contributed by atoms with Crippen molar-refractivity contribution in [1.29, 1.82) is 0 Å². The maximum atomic E-state index is 14.3. The Labute approximate surface area is 312 Å². The first kappa shape index (κ1) is 40.4. The average Bonchev–Trinajstić information content (AvgIpc) is 3.62. The van der Waals surface area contributed by atoms with E-state index in [-0.39, 0.29) is 33.7 Å². The molecular formula is C39H47NO14. The lowest BCUT2D eigenvalue weighted by molar-refractivity contribution is -0.161. The zero-order valence-corrected chi connectivity index (χ0v) is 31.6. The second kappa shape index (κ2) is 15.1. The van der Waals surface area contributed by atoms with Crippen LogP contribution in [0.1, 0.15) is 80.3 Å². The van der Waals surface area contributed by atoms with Crippen molar-refractivity contribution < 1.29 is 67.7 Å². The molecule has 0 radical (unpaired) electrons. The fraction of sp³-hybridized carbons (Fsp3) is 0.513. The van der Waals surface area contributed by atoms with Crippen LogP contribution in [-0.2, 0) is 43.9 Å². The second-order valence-corrected chi connectivity index (χ2v) is 14.4. The number of aromatic hydroxyl groups is 1. The van der Waals surface area contributed by atoms with Gasteiger partial charge in [-0.25, -0.2) is 4.79 Å². The Bertz CT molecular complexity index is 1880. The maximum absolute atomic E-state index is 14.3. The summed E-state index contributed by atoms with van der Waals surface area (Å²) in [5.74, 6) is -11.4. The van der Waals surface area contributed by atoms with Gasteiger partial charge in [0.05, 0.1) is 47.0 Å². The zero-order chi connectivity index (χ0) is 40.0. The fourth-order valence-corrected chi connectivity index (χ4v) is 7.37. The molecule has 1 spiro atoms. The van der Waals surface area contributed by atoms with Crippen LogP contribution in [0.3, 0.4) is 0 Å². The number of phenolic OH excluding ortho intramolecular Hbond substituents is 1. The minimum atomic E-state index is -2.21. The number of hydrogen-bond acceptors (Lipinski definition) is 14. The molecule has 1 amide bonds. The Morgan fingerprint density at radius 1 is 0.963 bits per heavy atom. The first-order valence-corrected chi connectivity index (χ1v) is 17.6. The summed E-state index contributed by atoms with van der Waals surface area (Å²) in [5, 5.41) is 36.6. The number of ketones is 2. The summed E-state index contributed by atoms with van der Waals surface area (Å²) in [6, 6.07) is 0. The van der Waals surface area contributed by atoms with Gasteiger partial charge in [-0.3, -0.25) is 19.2 Å². The molecular weight excluding hydrogens is 706 g/mol. The minimum absolute atomic E-state index is 0.00812. The van der Waals surface area contributed by atoms with Crippen LogP contribution in [0.5, 0.6) is 11.5 Å². The first-order chi connectivity index (χ1) is 25.3. The van der Waals surface area contributed by atoms with E-state index in [2.05, 4.69) is 5.32 Å². The van der Waals surface area contributed by atoms with Crippen LogP contribution in [-0.4, -0.2) is 88.7 Å². The molecule has 0 saturated carbocycles. The Hall–Kier alpha value is -4.83. The maximum Gasteiger partial charge on any atom is 0.335 e.